The van der Waals surface area contributed by atoms with Gasteiger partial charge in [-0.25, -0.2) is 18.0 Å². The van der Waals surface area contributed by atoms with E-state index in [2.05, 4.69) is 5.32 Å². The molecule has 0 fully saturated rings. The molecule has 116 valence electrons. The lowest BCUT2D eigenvalue weighted by Gasteiger charge is -2.14. The Morgan fingerprint density at radius 2 is 1.90 bits per heavy atom. The fourth-order valence-electron chi connectivity index (χ4n) is 1.50. The first-order valence-corrected chi connectivity index (χ1v) is 8.22. The average Bonchev–Trinajstić information content (AvgIpc) is 2.41. The van der Waals surface area contributed by atoms with Crippen molar-refractivity contribution < 1.29 is 27.9 Å². The quantitative estimate of drug-likeness (QED) is 0.770. The first kappa shape index (κ1) is 17.0. The predicted octanol–water partition coefficient (Wildman–Crippen LogP) is 0.801. The molecule has 7 nitrogen and oxygen atoms in total. The number of ether oxygens (including phenoxy) is 1. The van der Waals surface area contributed by atoms with Crippen LogP contribution >= 0.6 is 0 Å². The molecule has 0 unspecified atom stereocenters. The fourth-order valence-corrected chi connectivity index (χ4v) is 2.16. The number of carboxylic acid groups (broad SMARTS) is 1. The Balaban J connectivity index is 2.47. The van der Waals surface area contributed by atoms with Crippen molar-refractivity contribution in [1.29, 1.82) is 0 Å². The van der Waals surface area contributed by atoms with E-state index >= 15 is 0 Å². The molecule has 1 atom stereocenters. The van der Waals surface area contributed by atoms with Crippen LogP contribution in [0.15, 0.2) is 30.3 Å². The minimum Gasteiger partial charge on any atom is -0.480 e. The molecule has 0 spiro atoms. The maximum atomic E-state index is 11.5. The molecular weight excluding hydrogens is 298 g/mol. The van der Waals surface area contributed by atoms with Crippen molar-refractivity contribution in [2.24, 2.45) is 0 Å². The van der Waals surface area contributed by atoms with Crippen molar-refractivity contribution in [2.75, 3.05) is 12.0 Å². The maximum Gasteiger partial charge on any atom is 0.408 e. The molecule has 8 heteroatoms. The highest BCUT2D eigenvalue weighted by molar-refractivity contribution is 7.90. The van der Waals surface area contributed by atoms with Gasteiger partial charge in [0.15, 0.2) is 0 Å². The second kappa shape index (κ2) is 7.63. The van der Waals surface area contributed by atoms with E-state index < -0.39 is 27.9 Å². The number of carbonyl (C=O) groups excluding carboxylic acids is 1. The van der Waals surface area contributed by atoms with Gasteiger partial charge in [-0.3, -0.25) is 0 Å². The number of nitrogens with one attached hydrogen (secondary N) is 1. The molecule has 1 rings (SSSR count). The third-order valence-corrected chi connectivity index (χ3v) is 3.56. The topological polar surface area (TPSA) is 110 Å². The molecule has 0 saturated heterocycles. The fraction of sp³-hybridized carbons (Fsp3) is 0.385. The Hall–Kier alpha value is -2.09. The highest BCUT2D eigenvalue weighted by Gasteiger charge is 2.22. The maximum absolute atomic E-state index is 11.5. The second-order valence-corrected chi connectivity index (χ2v) is 6.78. The summed E-state index contributed by atoms with van der Waals surface area (Å²) in [5.41, 5.74) is 0.760. The molecule has 2 N–H and O–H groups in total. The van der Waals surface area contributed by atoms with Gasteiger partial charge in [-0.2, -0.15) is 0 Å². The summed E-state index contributed by atoms with van der Waals surface area (Å²) in [6, 6.07) is 7.58. The number of carboxylic acids is 1. The summed E-state index contributed by atoms with van der Waals surface area (Å²) in [6.07, 6.45) is -0.117. The molecule has 1 aromatic rings. The largest absolute Gasteiger partial charge is 0.480 e. The average molecular weight is 315 g/mol. The van der Waals surface area contributed by atoms with E-state index in [0.717, 1.165) is 11.8 Å². The van der Waals surface area contributed by atoms with Gasteiger partial charge in [0.1, 0.15) is 22.5 Å². The van der Waals surface area contributed by atoms with Crippen LogP contribution in [0.5, 0.6) is 0 Å². The number of rotatable bonds is 7. The Morgan fingerprint density at radius 1 is 1.29 bits per heavy atom. The number of alkyl carbamates (subject to hydrolysis) is 1. The predicted molar refractivity (Wildman–Crippen MR) is 75.5 cm³/mol. The Kier molecular flexibility index (Phi) is 6.16. The van der Waals surface area contributed by atoms with Crippen molar-refractivity contribution in [2.45, 2.75) is 19.1 Å². The molecule has 0 bridgehead atoms. The zero-order valence-electron chi connectivity index (χ0n) is 11.5. The van der Waals surface area contributed by atoms with Gasteiger partial charge in [-0.05, 0) is 12.0 Å². The molecule has 1 aromatic carbocycles. The van der Waals surface area contributed by atoms with Gasteiger partial charge in [0.05, 0.1) is 5.75 Å². The number of aliphatic carboxylic acids is 1. The van der Waals surface area contributed by atoms with Gasteiger partial charge in [0, 0.05) is 6.26 Å². The minimum atomic E-state index is -3.30. The van der Waals surface area contributed by atoms with Crippen LogP contribution in [0.4, 0.5) is 4.79 Å². The van der Waals surface area contributed by atoms with Crippen LogP contribution in [-0.4, -0.2) is 43.6 Å². The summed E-state index contributed by atoms with van der Waals surface area (Å²) in [4.78, 5) is 22.5. The third-order valence-electron chi connectivity index (χ3n) is 2.58. The normalized spacial score (nSPS) is 12.4. The van der Waals surface area contributed by atoms with Crippen LogP contribution in [0, 0.1) is 0 Å². The van der Waals surface area contributed by atoms with Gasteiger partial charge in [0.2, 0.25) is 0 Å². The van der Waals surface area contributed by atoms with E-state index in [0.29, 0.717) is 0 Å². The summed E-state index contributed by atoms with van der Waals surface area (Å²) >= 11 is 0. The zero-order valence-corrected chi connectivity index (χ0v) is 12.3. The van der Waals surface area contributed by atoms with Crippen molar-refractivity contribution in [3.05, 3.63) is 35.9 Å². The van der Waals surface area contributed by atoms with Gasteiger partial charge >= 0.3 is 12.1 Å². The van der Waals surface area contributed by atoms with Crippen molar-refractivity contribution >= 4 is 21.9 Å². The molecule has 0 saturated carbocycles. The van der Waals surface area contributed by atoms with Crippen LogP contribution in [0.3, 0.4) is 0 Å². The number of sulfone groups is 1. The lowest BCUT2D eigenvalue weighted by Crippen LogP contribution is -2.42. The van der Waals surface area contributed by atoms with Crippen molar-refractivity contribution in [1.82, 2.24) is 5.32 Å². The van der Waals surface area contributed by atoms with Gasteiger partial charge in [-0.15, -0.1) is 0 Å². The van der Waals surface area contributed by atoms with E-state index in [1.807, 2.05) is 6.07 Å². The van der Waals surface area contributed by atoms with E-state index in [9.17, 15) is 18.0 Å². The molecule has 0 aliphatic carbocycles. The van der Waals surface area contributed by atoms with Crippen LogP contribution in [0.25, 0.3) is 0 Å². The van der Waals surface area contributed by atoms with Gasteiger partial charge < -0.3 is 15.2 Å². The molecule has 0 aliphatic heterocycles. The number of benzene rings is 1. The van der Waals surface area contributed by atoms with Gasteiger partial charge in [-0.1, -0.05) is 30.3 Å². The van der Waals surface area contributed by atoms with Crippen molar-refractivity contribution in [3.63, 3.8) is 0 Å². The van der Waals surface area contributed by atoms with Crippen molar-refractivity contribution in [3.8, 4) is 0 Å². The van der Waals surface area contributed by atoms with E-state index in [4.69, 9.17) is 9.84 Å². The third kappa shape index (κ3) is 7.31. The SMILES string of the molecule is CS(=O)(=O)CC[C@@H](NC(=O)OCc1ccccc1)C(=O)O. The van der Waals surface area contributed by atoms with E-state index in [1.165, 1.54) is 0 Å². The first-order chi connectivity index (χ1) is 9.78. The van der Waals surface area contributed by atoms with Crippen LogP contribution in [-0.2, 0) is 26.0 Å². The Morgan fingerprint density at radius 3 is 2.43 bits per heavy atom. The second-order valence-electron chi connectivity index (χ2n) is 4.52. The number of hydrogen-bond acceptors (Lipinski definition) is 5. The summed E-state index contributed by atoms with van der Waals surface area (Å²) in [6.45, 7) is 0.00505. The van der Waals surface area contributed by atoms with Gasteiger partial charge in [0.25, 0.3) is 0 Å². The summed E-state index contributed by atoms with van der Waals surface area (Å²) in [7, 11) is -3.30. The van der Waals surface area contributed by atoms with Crippen LogP contribution in [0.2, 0.25) is 0 Å². The lowest BCUT2D eigenvalue weighted by molar-refractivity contribution is -0.139. The molecule has 0 aromatic heterocycles. The van der Waals surface area contributed by atoms with E-state index in [1.54, 1.807) is 24.3 Å². The Bertz CT molecular complexity index is 584. The van der Waals surface area contributed by atoms with Crippen LogP contribution < -0.4 is 5.32 Å². The zero-order chi connectivity index (χ0) is 15.9. The summed E-state index contributed by atoms with van der Waals surface area (Å²) in [5.74, 6) is -1.64. The summed E-state index contributed by atoms with van der Waals surface area (Å²) in [5, 5.41) is 11.1. The summed E-state index contributed by atoms with van der Waals surface area (Å²) < 4.78 is 26.9. The molecule has 0 radical (unpaired) electrons. The first-order valence-electron chi connectivity index (χ1n) is 6.15. The molecule has 0 aliphatic rings. The minimum absolute atomic E-state index is 0.00505. The highest BCUT2D eigenvalue weighted by Crippen LogP contribution is 2.02. The monoisotopic (exact) mass is 315 g/mol. The Labute approximate surface area is 122 Å². The molecule has 0 heterocycles. The molecular formula is C13H17NO6S. The molecule has 21 heavy (non-hydrogen) atoms. The smallest absolute Gasteiger partial charge is 0.408 e. The number of amides is 1. The standard InChI is InChI=1S/C13H17NO6S/c1-21(18,19)8-7-11(12(15)16)14-13(17)20-9-10-5-3-2-4-6-10/h2-6,11H,7-9H2,1H3,(H,14,17)(H,15,16)/t11-/m1/s1. The highest BCUT2D eigenvalue weighted by atomic mass is 32.2. The lowest BCUT2D eigenvalue weighted by atomic mass is 10.2. The van der Waals surface area contributed by atoms with Crippen LogP contribution in [0.1, 0.15) is 12.0 Å². The number of carbonyl (C=O) groups is 2. The van der Waals surface area contributed by atoms with E-state index in [-0.39, 0.29) is 18.8 Å². The molecule has 1 amide bonds. The number of hydrogen-bond donors (Lipinski definition) is 2.